The number of sulfone groups is 1. The summed E-state index contributed by atoms with van der Waals surface area (Å²) in [6, 6.07) is 9.43. The zero-order chi connectivity index (χ0) is 26.4. The molecule has 2 aromatic rings. The monoisotopic (exact) mass is 511 g/mol. The number of nitriles is 1. The van der Waals surface area contributed by atoms with Gasteiger partial charge in [-0.2, -0.15) is 18.4 Å². The van der Waals surface area contributed by atoms with E-state index < -0.39 is 52.9 Å². The van der Waals surface area contributed by atoms with Crippen LogP contribution in [0.25, 0.3) is 11.1 Å². The van der Waals surface area contributed by atoms with Crippen LogP contribution in [0.3, 0.4) is 0 Å². The summed E-state index contributed by atoms with van der Waals surface area (Å²) < 4.78 is 66.7. The van der Waals surface area contributed by atoms with Gasteiger partial charge in [-0.05, 0) is 41.2 Å². The maximum atomic E-state index is 14.2. The van der Waals surface area contributed by atoms with Crippen LogP contribution in [0.5, 0.6) is 0 Å². The predicted octanol–water partition coefficient (Wildman–Crippen LogP) is 3.45. The number of benzene rings is 2. The second kappa shape index (κ2) is 11.7. The first-order valence-electron chi connectivity index (χ1n) is 10.8. The van der Waals surface area contributed by atoms with Crippen molar-refractivity contribution in [2.75, 3.05) is 18.9 Å². The molecule has 0 aliphatic heterocycles. The fourth-order valence-corrected chi connectivity index (χ4v) is 4.87. The maximum absolute atomic E-state index is 14.2. The number of rotatable bonds is 11. The second-order valence-electron chi connectivity index (χ2n) is 8.51. The molecule has 190 valence electrons. The van der Waals surface area contributed by atoms with Crippen LogP contribution in [0.1, 0.15) is 31.9 Å². The van der Waals surface area contributed by atoms with E-state index in [0.717, 1.165) is 4.90 Å². The minimum absolute atomic E-state index is 0.0267. The van der Waals surface area contributed by atoms with Crippen molar-refractivity contribution in [2.24, 2.45) is 11.7 Å². The molecule has 11 heteroatoms. The number of halogens is 3. The quantitative estimate of drug-likeness (QED) is 0.445. The summed E-state index contributed by atoms with van der Waals surface area (Å²) in [7, 11) is -3.63. The van der Waals surface area contributed by atoms with Gasteiger partial charge in [0.2, 0.25) is 5.91 Å². The molecule has 2 rings (SSSR count). The average molecular weight is 512 g/mol. The summed E-state index contributed by atoms with van der Waals surface area (Å²) >= 11 is 0. The molecular weight excluding hydrogens is 483 g/mol. The van der Waals surface area contributed by atoms with Gasteiger partial charge in [0.25, 0.3) is 0 Å². The third kappa shape index (κ3) is 7.27. The summed E-state index contributed by atoms with van der Waals surface area (Å²) in [5, 5.41) is 18.1. The highest BCUT2D eigenvalue weighted by molar-refractivity contribution is 7.91. The topological polar surface area (TPSA) is 124 Å². The fourth-order valence-electron chi connectivity index (χ4n) is 3.84. The van der Waals surface area contributed by atoms with Gasteiger partial charge in [-0.25, -0.2) is 8.42 Å². The van der Waals surface area contributed by atoms with E-state index in [9.17, 15) is 31.6 Å². The Labute approximate surface area is 202 Å². The molecule has 0 saturated carbocycles. The van der Waals surface area contributed by atoms with Crippen molar-refractivity contribution in [2.45, 2.75) is 43.4 Å². The van der Waals surface area contributed by atoms with Crippen molar-refractivity contribution in [3.8, 4) is 17.2 Å². The van der Waals surface area contributed by atoms with E-state index in [4.69, 9.17) is 10.8 Å². The van der Waals surface area contributed by atoms with Crippen LogP contribution in [-0.4, -0.2) is 55.5 Å². The fraction of sp³-hybridized carbons (Fsp3) is 0.417. The maximum Gasteiger partial charge on any atom is 0.408 e. The normalized spacial score (nSPS) is 14.0. The van der Waals surface area contributed by atoms with Crippen molar-refractivity contribution in [3.63, 3.8) is 0 Å². The molecule has 0 aliphatic carbocycles. The summed E-state index contributed by atoms with van der Waals surface area (Å²) in [5.74, 6) is -1.48. The van der Waals surface area contributed by atoms with E-state index >= 15 is 0 Å². The largest absolute Gasteiger partial charge is 0.408 e. The number of carbonyl (C=O) groups excluding carboxylic acids is 1. The molecule has 0 saturated heterocycles. The molecule has 3 N–H and O–H groups in total. The minimum Gasteiger partial charge on any atom is -0.395 e. The Morgan fingerprint density at radius 2 is 1.60 bits per heavy atom. The molecule has 0 aliphatic rings. The highest BCUT2D eigenvalue weighted by Gasteiger charge is 2.47. The number of aliphatic hydroxyl groups excluding tert-OH is 1. The molecule has 2 atom stereocenters. The van der Waals surface area contributed by atoms with Crippen LogP contribution in [0, 0.1) is 17.2 Å². The molecule has 35 heavy (non-hydrogen) atoms. The third-order valence-electron chi connectivity index (χ3n) is 5.45. The van der Waals surface area contributed by atoms with Crippen LogP contribution < -0.4 is 5.73 Å². The zero-order valence-electron chi connectivity index (χ0n) is 19.4. The molecule has 2 aromatic carbocycles. The van der Waals surface area contributed by atoms with Crippen LogP contribution in [0.4, 0.5) is 13.2 Å². The Hall–Kier alpha value is -2.94. The Bertz CT molecular complexity index is 1140. The Morgan fingerprint density at radius 3 is 2.00 bits per heavy atom. The Kier molecular flexibility index (Phi) is 9.43. The second-order valence-corrected chi connectivity index (χ2v) is 10.6. The number of alkyl halides is 3. The molecule has 7 nitrogen and oxygen atoms in total. The number of nitrogens with two attached hydrogens (primary N) is 1. The van der Waals surface area contributed by atoms with Crippen molar-refractivity contribution in [1.29, 1.82) is 5.26 Å². The van der Waals surface area contributed by atoms with Gasteiger partial charge in [0.1, 0.15) is 6.04 Å². The highest BCUT2D eigenvalue weighted by atomic mass is 32.2. The van der Waals surface area contributed by atoms with Crippen LogP contribution in [0.2, 0.25) is 0 Å². The first-order valence-corrected chi connectivity index (χ1v) is 12.5. The van der Waals surface area contributed by atoms with E-state index in [0.29, 0.717) is 11.1 Å². The number of hydrogen-bond acceptors (Lipinski definition) is 6. The molecule has 0 radical (unpaired) electrons. The number of aliphatic hydroxyl groups is 1. The standard InChI is InChI=1S/C24H28F3N3O4S/c1-16(2)15-21(23(29)32)30(12-11-28)22(24(25,26)27)19-5-3-17(4-6-19)18-7-9-20(10-8-18)35(33,34)14-13-31/h3-10,16,21-22,31H,12-15H2,1-2H3,(H2,29,32)/t21-,22-/m0/s1. The van der Waals surface area contributed by atoms with Crippen LogP contribution >= 0.6 is 0 Å². The van der Waals surface area contributed by atoms with E-state index in [2.05, 4.69) is 0 Å². The van der Waals surface area contributed by atoms with Gasteiger partial charge < -0.3 is 10.8 Å². The highest BCUT2D eigenvalue weighted by Crippen LogP contribution is 2.40. The van der Waals surface area contributed by atoms with E-state index in [-0.39, 0.29) is 22.8 Å². The van der Waals surface area contributed by atoms with Crippen LogP contribution in [0.15, 0.2) is 53.4 Å². The summed E-state index contributed by atoms with van der Waals surface area (Å²) in [6.07, 6.45) is -4.72. The minimum atomic E-state index is -4.79. The molecule has 0 fully saturated rings. The van der Waals surface area contributed by atoms with E-state index in [1.807, 2.05) is 0 Å². The van der Waals surface area contributed by atoms with E-state index in [1.165, 1.54) is 48.5 Å². The van der Waals surface area contributed by atoms with E-state index in [1.54, 1.807) is 19.9 Å². The SMILES string of the molecule is CC(C)C[C@@H](C(N)=O)N(CC#N)[C@@H](c1ccc(-c2ccc(S(=O)(=O)CCO)cc2)cc1)C(F)(F)F. The lowest BCUT2D eigenvalue weighted by atomic mass is 9.95. The molecule has 0 bridgehead atoms. The lowest BCUT2D eigenvalue weighted by Gasteiger charge is -2.37. The van der Waals surface area contributed by atoms with Crippen LogP contribution in [-0.2, 0) is 14.6 Å². The molecule has 1 amide bonds. The van der Waals surface area contributed by atoms with Gasteiger partial charge in [0, 0.05) is 0 Å². The number of nitrogens with zero attached hydrogens (tertiary/aromatic N) is 2. The van der Waals surface area contributed by atoms with Crippen molar-refractivity contribution < 1.29 is 31.5 Å². The Morgan fingerprint density at radius 1 is 1.09 bits per heavy atom. The molecule has 0 unspecified atom stereocenters. The molecule has 0 aromatic heterocycles. The predicted molar refractivity (Wildman–Crippen MR) is 125 cm³/mol. The van der Waals surface area contributed by atoms with Gasteiger partial charge in [-0.1, -0.05) is 50.2 Å². The van der Waals surface area contributed by atoms with Crippen molar-refractivity contribution in [1.82, 2.24) is 4.90 Å². The Balaban J connectivity index is 2.44. The van der Waals surface area contributed by atoms with Crippen molar-refractivity contribution in [3.05, 3.63) is 54.1 Å². The van der Waals surface area contributed by atoms with Gasteiger partial charge in [0.15, 0.2) is 9.84 Å². The molecule has 0 spiro atoms. The third-order valence-corrected chi connectivity index (χ3v) is 7.16. The number of carbonyl (C=O) groups is 1. The first kappa shape index (κ1) is 28.3. The molecule has 0 heterocycles. The van der Waals surface area contributed by atoms with Gasteiger partial charge in [-0.15, -0.1) is 0 Å². The average Bonchev–Trinajstić information content (AvgIpc) is 2.76. The van der Waals surface area contributed by atoms with Gasteiger partial charge >= 0.3 is 6.18 Å². The molecular formula is C24H28F3N3O4S. The zero-order valence-corrected chi connectivity index (χ0v) is 20.2. The first-order chi connectivity index (χ1) is 16.3. The summed E-state index contributed by atoms with van der Waals surface area (Å²) in [6.45, 7) is 2.34. The lowest BCUT2D eigenvalue weighted by Crippen LogP contribution is -2.51. The summed E-state index contributed by atoms with van der Waals surface area (Å²) in [5.41, 5.74) is 6.38. The number of primary amides is 1. The smallest absolute Gasteiger partial charge is 0.395 e. The van der Waals surface area contributed by atoms with Crippen molar-refractivity contribution >= 4 is 15.7 Å². The van der Waals surface area contributed by atoms with Gasteiger partial charge in [0.05, 0.1) is 35.9 Å². The number of hydrogen-bond donors (Lipinski definition) is 2. The summed E-state index contributed by atoms with van der Waals surface area (Å²) in [4.78, 5) is 12.9. The number of amides is 1. The van der Waals surface area contributed by atoms with Gasteiger partial charge in [-0.3, -0.25) is 9.69 Å². The lowest BCUT2D eigenvalue weighted by molar-refractivity contribution is -0.192.